The Labute approximate surface area is 368 Å². The maximum absolute atomic E-state index is 7.40. The molecule has 0 amide bonds. The predicted molar refractivity (Wildman–Crippen MR) is 264 cm³/mol. The molecule has 1 aromatic heterocycles. The molecular formula is C57H57BN2O2. The van der Waals surface area contributed by atoms with Crippen molar-refractivity contribution >= 4 is 62.0 Å². The van der Waals surface area contributed by atoms with Gasteiger partial charge in [-0.15, -0.1) is 0 Å². The summed E-state index contributed by atoms with van der Waals surface area (Å²) in [5.41, 5.74) is 17.6. The molecule has 8 aromatic rings. The summed E-state index contributed by atoms with van der Waals surface area (Å²) in [6.07, 6.45) is 0. The van der Waals surface area contributed by atoms with Crippen LogP contribution in [0.1, 0.15) is 90.1 Å². The average Bonchev–Trinajstić information content (AvgIpc) is 3.51. The fourth-order valence-corrected chi connectivity index (χ4v) is 9.94. The minimum atomic E-state index is -0.129. The lowest BCUT2D eigenvalue weighted by Crippen LogP contribution is -2.58. The Kier molecular flexibility index (Phi) is 8.95. The minimum Gasteiger partial charge on any atom is -0.458 e. The summed E-state index contributed by atoms with van der Waals surface area (Å²) in [6.45, 7) is 24.7. The number of fused-ring (bicyclic) bond motifs is 8. The molecule has 5 heteroatoms. The Morgan fingerprint density at radius 1 is 0.500 bits per heavy atom. The molecule has 2 aliphatic rings. The number of rotatable bonds is 4. The van der Waals surface area contributed by atoms with Gasteiger partial charge in [-0.05, 0) is 117 Å². The highest BCUT2D eigenvalue weighted by Crippen LogP contribution is 2.48. The third kappa shape index (κ3) is 6.51. The van der Waals surface area contributed by atoms with E-state index < -0.39 is 0 Å². The van der Waals surface area contributed by atoms with Crippen molar-refractivity contribution in [3.8, 4) is 34.1 Å². The number of hydrogen-bond acceptors (Lipinski definition) is 3. The SMILES string of the molecule is Cc1cc(C)cc(-c2cc3c4c(c2)Oc2cc(N(c5ccc(C(C)(C)C)cc5)c5ccc(C(C)(C)C)cc5)c5c(c2B4c2cc(C(C)(C)C)ccc2O3)c2ccccc2n5C)c1. The quantitative estimate of drug-likeness (QED) is 0.166. The second kappa shape index (κ2) is 13.9. The second-order valence-corrected chi connectivity index (χ2v) is 20.9. The first-order valence-corrected chi connectivity index (χ1v) is 22.2. The van der Waals surface area contributed by atoms with Crippen LogP contribution < -0.4 is 30.8 Å². The van der Waals surface area contributed by atoms with Gasteiger partial charge in [0, 0.05) is 46.2 Å². The fraction of sp³-hybridized carbons (Fsp3) is 0.263. The molecule has 7 aromatic carbocycles. The Morgan fingerprint density at radius 2 is 1.00 bits per heavy atom. The minimum absolute atomic E-state index is 0.0234. The van der Waals surface area contributed by atoms with E-state index in [4.69, 9.17) is 9.47 Å². The topological polar surface area (TPSA) is 26.6 Å². The average molecular weight is 813 g/mol. The lowest BCUT2D eigenvalue weighted by Gasteiger charge is -2.36. The monoisotopic (exact) mass is 812 g/mol. The van der Waals surface area contributed by atoms with Crippen molar-refractivity contribution in [3.05, 3.63) is 155 Å². The summed E-state index contributed by atoms with van der Waals surface area (Å²) in [7, 11) is 2.22. The molecule has 4 nitrogen and oxygen atoms in total. The maximum Gasteiger partial charge on any atom is 0.261 e. The van der Waals surface area contributed by atoms with Crippen molar-refractivity contribution in [3.63, 3.8) is 0 Å². The van der Waals surface area contributed by atoms with Crippen molar-refractivity contribution in [2.24, 2.45) is 7.05 Å². The zero-order valence-corrected chi connectivity index (χ0v) is 38.4. The van der Waals surface area contributed by atoms with Crippen LogP contribution >= 0.6 is 0 Å². The molecule has 3 heterocycles. The zero-order chi connectivity index (χ0) is 43.6. The lowest BCUT2D eigenvalue weighted by atomic mass is 9.34. The van der Waals surface area contributed by atoms with Crippen molar-refractivity contribution in [2.75, 3.05) is 4.90 Å². The summed E-state index contributed by atoms with van der Waals surface area (Å²) in [4.78, 5) is 2.44. The molecule has 0 atom stereocenters. The van der Waals surface area contributed by atoms with Crippen molar-refractivity contribution in [1.82, 2.24) is 4.57 Å². The van der Waals surface area contributed by atoms with Crippen LogP contribution in [0.4, 0.5) is 17.1 Å². The van der Waals surface area contributed by atoms with Crippen LogP contribution in [0, 0.1) is 13.8 Å². The van der Waals surface area contributed by atoms with E-state index in [1.54, 1.807) is 0 Å². The van der Waals surface area contributed by atoms with Gasteiger partial charge in [-0.3, -0.25) is 0 Å². The molecule has 0 unspecified atom stereocenters. The molecule has 310 valence electrons. The molecule has 0 radical (unpaired) electrons. The predicted octanol–water partition coefficient (Wildman–Crippen LogP) is 13.7. The van der Waals surface area contributed by atoms with Crippen molar-refractivity contribution in [2.45, 2.75) is 92.4 Å². The van der Waals surface area contributed by atoms with E-state index in [0.717, 1.165) is 62.2 Å². The van der Waals surface area contributed by atoms with E-state index in [0.29, 0.717) is 0 Å². The summed E-state index contributed by atoms with van der Waals surface area (Å²) < 4.78 is 16.8. The van der Waals surface area contributed by atoms with Crippen LogP contribution in [-0.4, -0.2) is 11.3 Å². The molecule has 0 fully saturated rings. The molecule has 0 aliphatic carbocycles. The van der Waals surface area contributed by atoms with Crippen LogP contribution in [0.5, 0.6) is 23.0 Å². The number of ether oxygens (including phenoxy) is 2. The molecule has 0 saturated heterocycles. The summed E-state index contributed by atoms with van der Waals surface area (Å²) in [5, 5.41) is 2.40. The highest BCUT2D eigenvalue weighted by Gasteiger charge is 2.44. The Hall–Kier alpha value is -6.20. The number of anilines is 3. The van der Waals surface area contributed by atoms with Crippen LogP contribution in [0.15, 0.2) is 127 Å². The molecule has 62 heavy (non-hydrogen) atoms. The normalized spacial score (nSPS) is 13.4. The van der Waals surface area contributed by atoms with Crippen LogP contribution in [0.3, 0.4) is 0 Å². The first kappa shape index (κ1) is 39.9. The Bertz CT molecular complexity index is 3020. The first-order valence-electron chi connectivity index (χ1n) is 22.2. The van der Waals surface area contributed by atoms with Gasteiger partial charge in [0.15, 0.2) is 0 Å². The van der Waals surface area contributed by atoms with Gasteiger partial charge in [0.05, 0.1) is 11.2 Å². The van der Waals surface area contributed by atoms with Gasteiger partial charge >= 0.3 is 0 Å². The van der Waals surface area contributed by atoms with Gasteiger partial charge < -0.3 is 18.9 Å². The number of aromatic nitrogens is 1. The Morgan fingerprint density at radius 3 is 1.56 bits per heavy atom. The van der Waals surface area contributed by atoms with Gasteiger partial charge in [-0.25, -0.2) is 0 Å². The Balaban J connectivity index is 1.30. The first-order chi connectivity index (χ1) is 29.3. The van der Waals surface area contributed by atoms with Gasteiger partial charge in [0.2, 0.25) is 0 Å². The second-order valence-electron chi connectivity index (χ2n) is 20.9. The third-order valence-corrected chi connectivity index (χ3v) is 13.2. The van der Waals surface area contributed by atoms with E-state index in [1.807, 2.05) is 0 Å². The van der Waals surface area contributed by atoms with Crippen LogP contribution in [-0.2, 0) is 23.3 Å². The number of hydrogen-bond donors (Lipinski definition) is 0. The summed E-state index contributed by atoms with van der Waals surface area (Å²) >= 11 is 0. The highest BCUT2D eigenvalue weighted by molar-refractivity contribution is 7.00. The van der Waals surface area contributed by atoms with Gasteiger partial charge in [-0.1, -0.05) is 146 Å². The molecule has 0 spiro atoms. The van der Waals surface area contributed by atoms with E-state index >= 15 is 0 Å². The van der Waals surface area contributed by atoms with Crippen LogP contribution in [0.2, 0.25) is 0 Å². The molecule has 0 saturated carbocycles. The molecule has 2 aliphatic heterocycles. The van der Waals surface area contributed by atoms with E-state index in [1.165, 1.54) is 55.0 Å². The molecule has 10 rings (SSSR count). The maximum atomic E-state index is 7.40. The largest absolute Gasteiger partial charge is 0.458 e. The van der Waals surface area contributed by atoms with Gasteiger partial charge in [0.1, 0.15) is 23.0 Å². The van der Waals surface area contributed by atoms with Gasteiger partial charge in [-0.2, -0.15) is 0 Å². The standard InChI is InChI=1S/C57H57BN2O2/c1-34-27-35(2)29-36(28-34)37-30-48-52-49(31-37)62-50-33-46(60(41-22-17-38(18-23-41)55(3,4)5)42-24-19-39(20-25-42)56(6,7)8)54-51(43-15-13-14-16-45(43)59(54)12)53(50)58(52)44-32-40(57(9,10)11)21-26-47(44)61-48/h13-33H,1-12H3. The van der Waals surface area contributed by atoms with Gasteiger partial charge in [0.25, 0.3) is 6.71 Å². The zero-order valence-electron chi connectivity index (χ0n) is 38.4. The van der Waals surface area contributed by atoms with E-state index in [9.17, 15) is 0 Å². The molecule has 0 bridgehead atoms. The highest BCUT2D eigenvalue weighted by atomic mass is 16.5. The smallest absolute Gasteiger partial charge is 0.261 e. The van der Waals surface area contributed by atoms with Crippen molar-refractivity contribution < 1.29 is 9.47 Å². The molecular weight excluding hydrogens is 755 g/mol. The summed E-state index contributed by atoms with van der Waals surface area (Å²) in [5.74, 6) is 3.44. The lowest BCUT2D eigenvalue weighted by molar-refractivity contribution is 0.465. The van der Waals surface area contributed by atoms with Crippen molar-refractivity contribution in [1.29, 1.82) is 0 Å². The third-order valence-electron chi connectivity index (χ3n) is 13.2. The van der Waals surface area contributed by atoms with Crippen LogP contribution in [0.25, 0.3) is 32.9 Å². The van der Waals surface area contributed by atoms with E-state index in [2.05, 4.69) is 220 Å². The number of para-hydroxylation sites is 1. The fourth-order valence-electron chi connectivity index (χ4n) is 9.94. The van der Waals surface area contributed by atoms with E-state index in [-0.39, 0.29) is 23.0 Å². The summed E-state index contributed by atoms with van der Waals surface area (Å²) in [6, 6.07) is 47.5. The molecule has 0 N–H and O–H groups in total. The number of benzene rings is 7. The number of nitrogens with zero attached hydrogens (tertiary/aromatic N) is 2. The number of aryl methyl sites for hydroxylation is 3.